The first-order chi connectivity index (χ1) is 16.9. The normalized spacial score (nSPS) is 14.9. The summed E-state index contributed by atoms with van der Waals surface area (Å²) in [7, 11) is 4.53. The third-order valence-corrected chi connectivity index (χ3v) is 6.43. The zero-order valence-electron chi connectivity index (χ0n) is 19.4. The van der Waals surface area contributed by atoms with Gasteiger partial charge in [0.2, 0.25) is 0 Å². The second kappa shape index (κ2) is 10.5. The summed E-state index contributed by atoms with van der Waals surface area (Å²) in [6.45, 7) is -0.555. The number of ether oxygens (including phenoxy) is 4. The Morgan fingerprint density at radius 3 is 2.54 bits per heavy atom. The van der Waals surface area contributed by atoms with Gasteiger partial charge in [0.25, 0.3) is 5.91 Å². The Morgan fingerprint density at radius 2 is 1.86 bits per heavy atom. The molecule has 3 aromatic rings. The van der Waals surface area contributed by atoms with E-state index in [1.165, 1.54) is 41.7 Å². The molecule has 0 aliphatic carbocycles. The van der Waals surface area contributed by atoms with Gasteiger partial charge in [-0.05, 0) is 47.3 Å². The van der Waals surface area contributed by atoms with Crippen molar-refractivity contribution in [2.24, 2.45) is 5.10 Å². The highest BCUT2D eigenvalue weighted by Crippen LogP contribution is 2.38. The Morgan fingerprint density at radius 1 is 1.06 bits per heavy atom. The van der Waals surface area contributed by atoms with E-state index in [0.717, 1.165) is 16.2 Å². The number of methoxy groups -OCH3 is 3. The van der Waals surface area contributed by atoms with Crippen molar-refractivity contribution in [2.75, 3.05) is 27.9 Å². The minimum absolute atomic E-state index is 0.0993. The van der Waals surface area contributed by atoms with Crippen LogP contribution < -0.4 is 14.2 Å². The summed E-state index contributed by atoms with van der Waals surface area (Å²) >= 11 is 1.53. The number of carbonyl (C=O) groups is 2. The van der Waals surface area contributed by atoms with Crippen LogP contribution in [-0.2, 0) is 9.53 Å². The van der Waals surface area contributed by atoms with Gasteiger partial charge < -0.3 is 24.1 Å². The first-order valence-electron chi connectivity index (χ1n) is 10.6. The summed E-state index contributed by atoms with van der Waals surface area (Å²) in [4.78, 5) is 26.7. The summed E-state index contributed by atoms with van der Waals surface area (Å²) < 4.78 is 21.0. The number of esters is 1. The Balaban J connectivity index is 1.57. The van der Waals surface area contributed by atoms with Crippen LogP contribution in [0.4, 0.5) is 0 Å². The zero-order valence-corrected chi connectivity index (χ0v) is 20.2. The van der Waals surface area contributed by atoms with Crippen LogP contribution in [0.15, 0.2) is 59.0 Å². The molecule has 9 nitrogen and oxygen atoms in total. The minimum atomic E-state index is -0.848. The molecule has 1 unspecified atom stereocenters. The largest absolute Gasteiger partial charge is 0.507 e. The minimum Gasteiger partial charge on any atom is -0.507 e. The quantitative estimate of drug-likeness (QED) is 0.470. The van der Waals surface area contributed by atoms with Gasteiger partial charge in [-0.1, -0.05) is 12.1 Å². The predicted molar refractivity (Wildman–Crippen MR) is 130 cm³/mol. The van der Waals surface area contributed by atoms with Crippen molar-refractivity contribution in [3.8, 4) is 23.0 Å². The van der Waals surface area contributed by atoms with Crippen molar-refractivity contribution in [3.63, 3.8) is 0 Å². The molecular weight excluding hydrogens is 472 g/mol. The topological polar surface area (TPSA) is 107 Å². The fourth-order valence-corrected chi connectivity index (χ4v) is 4.45. The Bertz CT molecular complexity index is 1260. The molecule has 1 aliphatic rings. The van der Waals surface area contributed by atoms with Crippen molar-refractivity contribution >= 4 is 28.9 Å². The monoisotopic (exact) mass is 496 g/mol. The number of nitrogens with zero attached hydrogens (tertiary/aromatic N) is 2. The summed E-state index contributed by atoms with van der Waals surface area (Å²) in [5.41, 5.74) is 1.45. The fourth-order valence-electron chi connectivity index (χ4n) is 3.73. The lowest BCUT2D eigenvalue weighted by molar-refractivity contribution is -0.136. The molecule has 0 bridgehead atoms. The van der Waals surface area contributed by atoms with E-state index < -0.39 is 24.5 Å². The number of hydrogen-bond acceptors (Lipinski definition) is 9. The maximum Gasteiger partial charge on any atom is 0.342 e. The maximum absolute atomic E-state index is 13.2. The van der Waals surface area contributed by atoms with E-state index in [-0.39, 0.29) is 11.3 Å². The van der Waals surface area contributed by atoms with E-state index in [0.29, 0.717) is 23.7 Å². The number of hydrogen-bond donors (Lipinski definition) is 1. The molecule has 0 radical (unpaired) electrons. The van der Waals surface area contributed by atoms with Crippen LogP contribution in [0.25, 0.3) is 0 Å². The van der Waals surface area contributed by atoms with Gasteiger partial charge in [0, 0.05) is 6.42 Å². The number of carbonyl (C=O) groups excluding carboxylic acids is 2. The highest BCUT2D eigenvalue weighted by Gasteiger charge is 2.34. The highest BCUT2D eigenvalue weighted by molar-refractivity contribution is 7.12. The number of amides is 1. The lowest BCUT2D eigenvalue weighted by Crippen LogP contribution is -2.31. The van der Waals surface area contributed by atoms with Crippen LogP contribution in [0.2, 0.25) is 0 Å². The van der Waals surface area contributed by atoms with Crippen LogP contribution in [0.5, 0.6) is 23.0 Å². The second-order valence-electron chi connectivity index (χ2n) is 7.56. The molecule has 1 aromatic heterocycles. The van der Waals surface area contributed by atoms with Crippen LogP contribution >= 0.6 is 11.3 Å². The first kappa shape index (κ1) is 24.1. The molecule has 0 spiro atoms. The van der Waals surface area contributed by atoms with Gasteiger partial charge in [-0.3, -0.25) is 4.79 Å². The molecule has 1 aliphatic heterocycles. The van der Waals surface area contributed by atoms with E-state index >= 15 is 0 Å². The molecule has 0 fully saturated rings. The number of thiophene rings is 1. The molecule has 0 saturated carbocycles. The third kappa shape index (κ3) is 5.07. The van der Waals surface area contributed by atoms with E-state index in [4.69, 9.17) is 18.9 Å². The summed E-state index contributed by atoms with van der Waals surface area (Å²) in [5.74, 6) is -0.156. The van der Waals surface area contributed by atoms with Gasteiger partial charge in [0.15, 0.2) is 18.1 Å². The average molecular weight is 497 g/mol. The zero-order chi connectivity index (χ0) is 24.9. The predicted octanol–water partition coefficient (Wildman–Crippen LogP) is 4.01. The molecule has 2 heterocycles. The van der Waals surface area contributed by atoms with Gasteiger partial charge in [0.1, 0.15) is 17.1 Å². The van der Waals surface area contributed by atoms with Gasteiger partial charge in [-0.25, -0.2) is 9.80 Å². The maximum atomic E-state index is 13.2. The third-order valence-electron chi connectivity index (χ3n) is 5.51. The lowest BCUT2D eigenvalue weighted by Gasteiger charge is -2.23. The van der Waals surface area contributed by atoms with E-state index in [9.17, 15) is 14.7 Å². The summed E-state index contributed by atoms with van der Waals surface area (Å²) in [6, 6.07) is 13.0. The van der Waals surface area contributed by atoms with Gasteiger partial charge in [-0.15, -0.1) is 11.3 Å². The van der Waals surface area contributed by atoms with Crippen LogP contribution in [0.1, 0.15) is 33.3 Å². The van der Waals surface area contributed by atoms with Gasteiger partial charge >= 0.3 is 5.97 Å². The van der Waals surface area contributed by atoms with Gasteiger partial charge in [0.05, 0.1) is 38.0 Å². The van der Waals surface area contributed by atoms with E-state index in [2.05, 4.69) is 5.10 Å². The van der Waals surface area contributed by atoms with Crippen molar-refractivity contribution in [2.45, 2.75) is 12.5 Å². The van der Waals surface area contributed by atoms with Crippen LogP contribution in [0, 0.1) is 0 Å². The molecule has 182 valence electrons. The Labute approximate surface area is 206 Å². The van der Waals surface area contributed by atoms with Gasteiger partial charge in [-0.2, -0.15) is 5.10 Å². The summed E-state index contributed by atoms with van der Waals surface area (Å²) in [5, 5.41) is 17.8. The van der Waals surface area contributed by atoms with Crippen molar-refractivity contribution in [1.82, 2.24) is 5.01 Å². The number of rotatable bonds is 8. The standard InChI is InChI=1S/C25H24N2O7S/c1-31-16-7-8-20(28)17(12-16)25(30)34-14-24(29)27-19(13-18(26-27)23-5-4-10-35-23)15-6-9-21(32-2)22(11-15)33-3/h4-12,19,28H,13-14H2,1-3H3. The highest BCUT2D eigenvalue weighted by atomic mass is 32.1. The smallest absolute Gasteiger partial charge is 0.342 e. The van der Waals surface area contributed by atoms with Crippen molar-refractivity contribution in [3.05, 3.63) is 69.9 Å². The number of benzene rings is 2. The first-order valence-corrected chi connectivity index (χ1v) is 11.5. The Kier molecular flexibility index (Phi) is 7.21. The molecule has 1 N–H and O–H groups in total. The molecule has 4 rings (SSSR count). The molecular formula is C25H24N2O7S. The molecule has 35 heavy (non-hydrogen) atoms. The van der Waals surface area contributed by atoms with E-state index in [1.807, 2.05) is 23.6 Å². The summed E-state index contributed by atoms with van der Waals surface area (Å²) in [6.07, 6.45) is 0.479. The lowest BCUT2D eigenvalue weighted by atomic mass is 10.0. The molecule has 2 aromatic carbocycles. The average Bonchev–Trinajstić information content (AvgIpc) is 3.57. The molecule has 10 heteroatoms. The van der Waals surface area contributed by atoms with Crippen molar-refractivity contribution < 1.29 is 33.6 Å². The molecule has 1 amide bonds. The fraction of sp³-hybridized carbons (Fsp3) is 0.240. The second-order valence-corrected chi connectivity index (χ2v) is 8.50. The molecule has 1 atom stereocenters. The SMILES string of the molecule is COc1ccc(O)c(C(=O)OCC(=O)N2N=C(c3cccs3)CC2c2ccc(OC)c(OC)c2)c1. The van der Waals surface area contributed by atoms with Crippen molar-refractivity contribution in [1.29, 1.82) is 0 Å². The molecule has 0 saturated heterocycles. The van der Waals surface area contributed by atoms with E-state index in [1.54, 1.807) is 26.4 Å². The Hall–Kier alpha value is -4.05. The number of hydrazone groups is 1. The van der Waals surface area contributed by atoms with Crippen LogP contribution in [-0.4, -0.2) is 55.6 Å². The number of aromatic hydroxyl groups is 1. The van der Waals surface area contributed by atoms with Crippen LogP contribution in [0.3, 0.4) is 0 Å². The number of phenolic OH excluding ortho intramolecular Hbond substituents is 1. The number of phenols is 1.